The van der Waals surface area contributed by atoms with Crippen molar-refractivity contribution >= 4 is 57.1 Å². The highest BCUT2D eigenvalue weighted by Gasteiger charge is 2.32. The minimum absolute atomic E-state index is 0.0823. The van der Waals surface area contributed by atoms with Crippen molar-refractivity contribution in [1.82, 2.24) is 19.4 Å². The zero-order chi connectivity index (χ0) is 36.9. The van der Waals surface area contributed by atoms with E-state index < -0.39 is 45.0 Å². The summed E-state index contributed by atoms with van der Waals surface area (Å²) in [7, 11) is 0. The molecular weight excluding hydrogens is 702 g/mol. The molecule has 1 aliphatic rings. The maximum absolute atomic E-state index is 15.4. The number of halogens is 5. The second-order valence-corrected chi connectivity index (χ2v) is 13.1. The van der Waals surface area contributed by atoms with E-state index in [1.807, 2.05) is 32.0 Å². The number of carbonyl (C=O) groups excluding carboxylic acids is 1. The van der Waals surface area contributed by atoms with Crippen LogP contribution in [0, 0.1) is 35.7 Å². The highest BCUT2D eigenvalue weighted by atomic mass is 35.5. The van der Waals surface area contributed by atoms with Crippen molar-refractivity contribution in [3.63, 3.8) is 0 Å². The molecule has 3 aromatic heterocycles. The van der Waals surface area contributed by atoms with Crippen molar-refractivity contribution < 1.29 is 18.0 Å². The van der Waals surface area contributed by atoms with Gasteiger partial charge in [0, 0.05) is 43.3 Å². The molecule has 2 N–H and O–H groups in total. The summed E-state index contributed by atoms with van der Waals surface area (Å²) in [5, 5.41) is 9.83. The van der Waals surface area contributed by atoms with E-state index in [-0.39, 0.29) is 65.3 Å². The van der Waals surface area contributed by atoms with Gasteiger partial charge in [0.15, 0.2) is 17.5 Å². The zero-order valence-corrected chi connectivity index (χ0v) is 29.2. The van der Waals surface area contributed by atoms with E-state index in [0.29, 0.717) is 28.1 Å². The summed E-state index contributed by atoms with van der Waals surface area (Å²) < 4.78 is 45.7. The van der Waals surface area contributed by atoms with Crippen LogP contribution in [-0.2, 0) is 4.79 Å². The van der Waals surface area contributed by atoms with E-state index in [2.05, 4.69) is 22.6 Å². The molecule has 0 saturated carbocycles. The number of benzene rings is 2. The number of carbonyl (C=O) groups is 1. The molecule has 51 heavy (non-hydrogen) atoms. The Morgan fingerprint density at radius 1 is 1.02 bits per heavy atom. The van der Waals surface area contributed by atoms with Crippen LogP contribution < -0.4 is 16.2 Å². The van der Waals surface area contributed by atoms with Crippen LogP contribution in [0.5, 0.6) is 0 Å². The van der Waals surface area contributed by atoms with Crippen molar-refractivity contribution in [2.45, 2.75) is 26.7 Å². The van der Waals surface area contributed by atoms with Gasteiger partial charge >= 0.3 is 0 Å². The van der Waals surface area contributed by atoms with Crippen molar-refractivity contribution in [2.24, 2.45) is 0 Å². The highest BCUT2D eigenvalue weighted by Crippen LogP contribution is 2.43. The number of rotatable bonds is 6. The van der Waals surface area contributed by atoms with Crippen LogP contribution >= 0.6 is 23.2 Å². The summed E-state index contributed by atoms with van der Waals surface area (Å²) in [6.45, 7) is 10.4. The summed E-state index contributed by atoms with van der Waals surface area (Å²) in [6.07, 6.45) is 1.59. The first-order valence-electron chi connectivity index (χ1n) is 15.8. The molecule has 0 spiro atoms. The van der Waals surface area contributed by atoms with Crippen LogP contribution in [0.2, 0.25) is 10.0 Å². The Balaban J connectivity index is 1.59. The molecule has 14 heteroatoms. The number of nitrogens with zero attached hydrogens (tertiary/aromatic N) is 6. The second kappa shape index (κ2) is 13.7. The third-order valence-corrected chi connectivity index (χ3v) is 9.59. The number of piperazine rings is 1. The number of nitriles is 1. The molecule has 5 aromatic rings. The average Bonchev–Trinajstić information content (AvgIpc) is 3.13. The number of hydrogen-bond donors (Lipinski definition) is 1. The van der Waals surface area contributed by atoms with E-state index in [1.165, 1.54) is 10.6 Å². The van der Waals surface area contributed by atoms with E-state index in [9.17, 15) is 23.6 Å². The third-order valence-electron chi connectivity index (χ3n) is 8.91. The molecule has 1 amide bonds. The number of aromatic nitrogens is 3. The van der Waals surface area contributed by atoms with Gasteiger partial charge in [0.1, 0.15) is 17.3 Å². The lowest BCUT2D eigenvalue weighted by atomic mass is 10.0. The van der Waals surface area contributed by atoms with Gasteiger partial charge in [-0.25, -0.2) is 18.2 Å². The van der Waals surface area contributed by atoms with Crippen LogP contribution in [-0.4, -0.2) is 51.5 Å². The number of anilines is 2. The van der Waals surface area contributed by atoms with Gasteiger partial charge in [0.25, 0.3) is 11.5 Å². The smallest absolute Gasteiger partial charge is 0.276 e. The Morgan fingerprint density at radius 2 is 1.69 bits per heavy atom. The Morgan fingerprint density at radius 3 is 2.31 bits per heavy atom. The molecule has 1 saturated heterocycles. The molecule has 0 aliphatic carbocycles. The fraction of sp³-hybridized carbons (Fsp3) is 0.216. The maximum atomic E-state index is 15.4. The monoisotopic (exact) mass is 731 g/mol. The molecule has 2 aromatic carbocycles. The fourth-order valence-corrected chi connectivity index (χ4v) is 6.81. The zero-order valence-electron chi connectivity index (χ0n) is 27.7. The number of amides is 1. The number of fused-ring (bicyclic) bond motifs is 1. The molecule has 9 nitrogen and oxygen atoms in total. The SMILES string of the molecule is C=C(C(=O)N1CCN(c2c(C#N)c(=O)n(-c3c(C)ccnc3C(C)C)c3nc(-c4c(F)c(F)c(F)c(N)c4Cl)c(Cl)cc23)CC1)c1ccccc1. The predicted octanol–water partition coefficient (Wildman–Crippen LogP) is 7.42. The molecular formula is C37H30Cl2F3N7O2. The number of aryl methyl sites for hydroxylation is 1. The summed E-state index contributed by atoms with van der Waals surface area (Å²) in [4.78, 5) is 40.4. The number of pyridine rings is 3. The van der Waals surface area contributed by atoms with E-state index >= 15 is 4.39 Å². The Hall–Kier alpha value is -5.38. The number of hydrogen-bond acceptors (Lipinski definition) is 7. The lowest BCUT2D eigenvalue weighted by Gasteiger charge is -2.37. The van der Waals surface area contributed by atoms with Gasteiger partial charge in [-0.1, -0.05) is 74.0 Å². The van der Waals surface area contributed by atoms with E-state index in [4.69, 9.17) is 28.9 Å². The molecule has 0 atom stereocenters. The highest BCUT2D eigenvalue weighted by molar-refractivity contribution is 6.38. The topological polar surface area (TPSA) is 121 Å². The molecule has 6 rings (SSSR count). The molecule has 0 unspecified atom stereocenters. The van der Waals surface area contributed by atoms with Crippen LogP contribution in [0.25, 0.3) is 33.6 Å². The fourth-order valence-electron chi connectivity index (χ4n) is 6.31. The predicted molar refractivity (Wildman–Crippen MR) is 193 cm³/mol. The van der Waals surface area contributed by atoms with Gasteiger partial charge in [-0.15, -0.1) is 0 Å². The average molecular weight is 733 g/mol. The van der Waals surface area contributed by atoms with E-state index in [1.54, 1.807) is 41.1 Å². The lowest BCUT2D eigenvalue weighted by molar-refractivity contribution is -0.125. The molecule has 1 fully saturated rings. The Labute approximate surface area is 301 Å². The second-order valence-electron chi connectivity index (χ2n) is 12.4. The quantitative estimate of drug-likeness (QED) is 0.0835. The van der Waals surface area contributed by atoms with Gasteiger partial charge in [-0.05, 0) is 36.1 Å². The Bertz CT molecular complexity index is 2340. The summed E-state index contributed by atoms with van der Waals surface area (Å²) in [5.74, 6) is -5.69. The summed E-state index contributed by atoms with van der Waals surface area (Å²) >= 11 is 13.0. The number of nitrogen functional groups attached to an aromatic ring is 1. The lowest BCUT2D eigenvalue weighted by Crippen LogP contribution is -2.49. The standard InChI is InChI=1S/C37H30Cl2F3N7O2/c1-18(2)31-33(19(3)10-11-45-31)49-35-22(16-24(38)32(46-35)25-26(39)30(44)29(42)28(41)27(25)40)34(23(17-43)37(49)51)47-12-14-48(15-13-47)36(50)20(4)21-8-6-5-7-9-21/h5-11,16,18H,4,12-15,44H2,1-3H3. The first-order chi connectivity index (χ1) is 24.3. The minimum Gasteiger partial charge on any atom is -0.395 e. The van der Waals surface area contributed by atoms with Gasteiger partial charge < -0.3 is 15.5 Å². The van der Waals surface area contributed by atoms with E-state index in [0.717, 1.165) is 0 Å². The first kappa shape index (κ1) is 35.4. The largest absolute Gasteiger partial charge is 0.395 e. The van der Waals surface area contributed by atoms with Gasteiger partial charge in [-0.3, -0.25) is 19.1 Å². The minimum atomic E-state index is -1.88. The first-order valence-corrected chi connectivity index (χ1v) is 16.6. The molecule has 4 heterocycles. The van der Waals surface area contributed by atoms with Crippen LogP contribution in [0.1, 0.15) is 42.1 Å². The molecule has 260 valence electrons. The molecule has 1 aliphatic heterocycles. The molecule has 0 radical (unpaired) electrons. The van der Waals surface area contributed by atoms with Gasteiger partial charge in [0.05, 0.1) is 44.1 Å². The van der Waals surface area contributed by atoms with Crippen molar-refractivity contribution in [1.29, 1.82) is 5.26 Å². The van der Waals surface area contributed by atoms with Crippen LogP contribution in [0.15, 0.2) is 60.0 Å². The third kappa shape index (κ3) is 5.96. The van der Waals surface area contributed by atoms with Crippen LogP contribution in [0.4, 0.5) is 24.5 Å². The molecule has 0 bridgehead atoms. The maximum Gasteiger partial charge on any atom is 0.276 e. The van der Waals surface area contributed by atoms with Gasteiger partial charge in [-0.2, -0.15) is 5.26 Å². The van der Waals surface area contributed by atoms with Crippen molar-refractivity contribution in [2.75, 3.05) is 36.8 Å². The summed E-state index contributed by atoms with van der Waals surface area (Å²) in [5.41, 5.74) is 5.29. The van der Waals surface area contributed by atoms with Crippen LogP contribution in [0.3, 0.4) is 0 Å². The normalized spacial score (nSPS) is 13.2. The van der Waals surface area contributed by atoms with Crippen molar-refractivity contribution in [3.05, 3.63) is 115 Å². The summed E-state index contributed by atoms with van der Waals surface area (Å²) in [6, 6.07) is 14.2. The number of nitrogens with two attached hydrogens (primary N) is 1. The Kier molecular flexibility index (Phi) is 9.55. The van der Waals surface area contributed by atoms with Gasteiger partial charge in [0.2, 0.25) is 0 Å². The van der Waals surface area contributed by atoms with Crippen molar-refractivity contribution in [3.8, 4) is 23.0 Å².